The van der Waals surface area contributed by atoms with Gasteiger partial charge < -0.3 is 4.74 Å². The number of carbonyl (C=O) groups is 4. The monoisotopic (exact) mass is 370 g/mol. The Morgan fingerprint density at radius 2 is 1.33 bits per heavy atom. The quantitative estimate of drug-likeness (QED) is 0.316. The van der Waals surface area contributed by atoms with E-state index in [-0.39, 0.29) is 16.4 Å². The Balaban J connectivity index is 2.35. The van der Waals surface area contributed by atoms with Gasteiger partial charge in [0, 0.05) is 11.1 Å². The molecule has 0 bridgehead atoms. The molecule has 7 nitrogen and oxygen atoms in total. The minimum absolute atomic E-state index is 0.121. The molecule has 0 spiro atoms. The van der Waals surface area contributed by atoms with Crippen molar-refractivity contribution in [2.24, 2.45) is 0 Å². The van der Waals surface area contributed by atoms with Crippen molar-refractivity contribution >= 4 is 29.4 Å². The van der Waals surface area contributed by atoms with Gasteiger partial charge in [0.2, 0.25) is 0 Å². The van der Waals surface area contributed by atoms with Gasteiger partial charge in [-0.25, -0.2) is 9.59 Å². The van der Waals surface area contributed by atoms with Gasteiger partial charge in [0.05, 0.1) is 5.57 Å². The molecule has 0 radical (unpaired) electrons. The van der Waals surface area contributed by atoms with Crippen molar-refractivity contribution < 1.29 is 23.9 Å². The summed E-state index contributed by atoms with van der Waals surface area (Å²) in [5, 5.41) is 4.00. The van der Waals surface area contributed by atoms with Gasteiger partial charge in [-0.05, 0) is 22.5 Å². The number of carbonyl (C=O) groups excluding carboxylic acids is 4. The Morgan fingerprint density at radius 1 is 0.778 bits per heavy atom. The fourth-order valence-corrected chi connectivity index (χ4v) is 3.10. The third kappa shape index (κ3) is 3.13. The first kappa shape index (κ1) is 18.8. The van der Waals surface area contributed by atoms with Crippen LogP contribution in [-0.4, -0.2) is 23.8 Å². The van der Waals surface area contributed by atoms with Crippen molar-refractivity contribution in [3.05, 3.63) is 34.4 Å². The fraction of sp³-hybridized carbons (Fsp3) is 0.400. The van der Waals surface area contributed by atoms with Gasteiger partial charge in [0.1, 0.15) is 11.3 Å². The SMILES string of the molecule is CC(C)(C)c1cc2c(c(C(C)(C)C)c1)OC(=O)C2=C1C(=O)NC(=O)NC1=O. The topological polar surface area (TPSA) is 102 Å². The van der Waals surface area contributed by atoms with E-state index in [1.54, 1.807) is 6.07 Å². The van der Waals surface area contributed by atoms with Crippen LogP contribution in [0.2, 0.25) is 0 Å². The van der Waals surface area contributed by atoms with Gasteiger partial charge >= 0.3 is 12.0 Å². The number of amides is 4. The molecule has 3 rings (SSSR count). The molecular formula is C20H22N2O5. The molecule has 1 fully saturated rings. The molecule has 2 aliphatic heterocycles. The van der Waals surface area contributed by atoms with Crippen molar-refractivity contribution in [3.8, 4) is 5.75 Å². The van der Waals surface area contributed by atoms with Crippen LogP contribution in [0.1, 0.15) is 58.2 Å². The summed E-state index contributed by atoms with van der Waals surface area (Å²) in [5.74, 6) is -2.26. The van der Waals surface area contributed by atoms with Crippen LogP contribution in [0.25, 0.3) is 5.57 Å². The highest BCUT2D eigenvalue weighted by molar-refractivity contribution is 6.40. The lowest BCUT2D eigenvalue weighted by molar-refractivity contribution is -0.129. The first-order valence-corrected chi connectivity index (χ1v) is 8.63. The number of benzene rings is 1. The van der Waals surface area contributed by atoms with Crippen molar-refractivity contribution in [1.82, 2.24) is 10.6 Å². The first-order valence-electron chi connectivity index (χ1n) is 8.63. The van der Waals surface area contributed by atoms with E-state index >= 15 is 0 Å². The normalized spacial score (nSPS) is 17.6. The van der Waals surface area contributed by atoms with Crippen molar-refractivity contribution in [1.29, 1.82) is 0 Å². The summed E-state index contributed by atoms with van der Waals surface area (Å²) in [5.41, 5.74) is 1.04. The van der Waals surface area contributed by atoms with Gasteiger partial charge in [-0.2, -0.15) is 0 Å². The van der Waals surface area contributed by atoms with E-state index in [0.717, 1.165) is 11.1 Å². The average molecular weight is 370 g/mol. The number of barbiturate groups is 1. The molecule has 0 atom stereocenters. The zero-order chi connectivity index (χ0) is 20.3. The van der Waals surface area contributed by atoms with E-state index in [1.165, 1.54) is 0 Å². The van der Waals surface area contributed by atoms with Crippen LogP contribution >= 0.6 is 0 Å². The van der Waals surface area contributed by atoms with Crippen LogP contribution < -0.4 is 15.4 Å². The van der Waals surface area contributed by atoms with Crippen LogP contribution in [0, 0.1) is 0 Å². The molecule has 0 saturated carbocycles. The summed E-state index contributed by atoms with van der Waals surface area (Å²) in [7, 11) is 0. The summed E-state index contributed by atoms with van der Waals surface area (Å²) in [6.45, 7) is 12.1. The number of urea groups is 1. The second kappa shape index (κ2) is 5.77. The van der Waals surface area contributed by atoms with Crippen LogP contribution in [0.3, 0.4) is 0 Å². The van der Waals surface area contributed by atoms with Crippen molar-refractivity contribution in [2.75, 3.05) is 0 Å². The Morgan fingerprint density at radius 3 is 1.81 bits per heavy atom. The highest BCUT2D eigenvalue weighted by atomic mass is 16.5. The van der Waals surface area contributed by atoms with Crippen LogP contribution in [-0.2, 0) is 25.2 Å². The Labute approximate surface area is 157 Å². The number of ether oxygens (including phenoxy) is 1. The van der Waals surface area contributed by atoms with Crippen molar-refractivity contribution in [2.45, 2.75) is 52.4 Å². The molecule has 2 heterocycles. The number of hydrogen-bond acceptors (Lipinski definition) is 5. The lowest BCUT2D eigenvalue weighted by atomic mass is 9.78. The van der Waals surface area contributed by atoms with E-state index in [1.807, 2.05) is 58.2 Å². The van der Waals surface area contributed by atoms with Crippen LogP contribution in [0.4, 0.5) is 4.79 Å². The molecule has 142 valence electrons. The summed E-state index contributed by atoms with van der Waals surface area (Å²) in [4.78, 5) is 48.5. The zero-order valence-electron chi connectivity index (χ0n) is 16.2. The molecule has 0 aliphatic carbocycles. The molecule has 0 unspecified atom stereocenters. The number of fused-ring (bicyclic) bond motifs is 1. The maximum atomic E-state index is 12.6. The predicted octanol–water partition coefficient (Wildman–Crippen LogP) is 2.32. The van der Waals surface area contributed by atoms with Crippen molar-refractivity contribution in [3.63, 3.8) is 0 Å². The number of imide groups is 2. The minimum atomic E-state index is -0.917. The fourth-order valence-electron chi connectivity index (χ4n) is 3.10. The van der Waals surface area contributed by atoms with Gasteiger partial charge in [0.15, 0.2) is 0 Å². The predicted molar refractivity (Wildman–Crippen MR) is 98.1 cm³/mol. The number of esters is 1. The minimum Gasteiger partial charge on any atom is -0.422 e. The van der Waals surface area contributed by atoms with Gasteiger partial charge in [0.25, 0.3) is 11.8 Å². The molecule has 1 saturated heterocycles. The lowest BCUT2D eigenvalue weighted by Crippen LogP contribution is -2.52. The summed E-state index contributed by atoms with van der Waals surface area (Å²) >= 11 is 0. The molecule has 1 aromatic rings. The maximum Gasteiger partial charge on any atom is 0.345 e. The number of rotatable bonds is 0. The van der Waals surface area contributed by atoms with E-state index in [0.29, 0.717) is 11.3 Å². The van der Waals surface area contributed by atoms with Crippen LogP contribution in [0.15, 0.2) is 17.7 Å². The molecule has 2 aliphatic rings. The third-order valence-electron chi connectivity index (χ3n) is 4.59. The average Bonchev–Trinajstić information content (AvgIpc) is 2.80. The molecule has 7 heteroatoms. The molecule has 1 aromatic carbocycles. The highest BCUT2D eigenvalue weighted by Gasteiger charge is 2.41. The first-order chi connectivity index (χ1) is 12.3. The number of nitrogens with one attached hydrogen (secondary N) is 2. The summed E-state index contributed by atoms with van der Waals surface area (Å²) < 4.78 is 5.48. The van der Waals surface area contributed by atoms with Gasteiger partial charge in [-0.3, -0.25) is 20.2 Å². The maximum absolute atomic E-state index is 12.6. The molecular weight excluding hydrogens is 348 g/mol. The Bertz CT molecular complexity index is 920. The largest absolute Gasteiger partial charge is 0.422 e. The lowest BCUT2D eigenvalue weighted by Gasteiger charge is -2.26. The van der Waals surface area contributed by atoms with Crippen LogP contribution in [0.5, 0.6) is 5.75 Å². The molecule has 4 amide bonds. The van der Waals surface area contributed by atoms with E-state index < -0.39 is 29.4 Å². The molecule has 2 N–H and O–H groups in total. The molecule has 0 aromatic heterocycles. The zero-order valence-corrected chi connectivity index (χ0v) is 16.2. The van der Waals surface area contributed by atoms with E-state index in [2.05, 4.69) is 0 Å². The second-order valence-electron chi connectivity index (χ2n) is 8.78. The Kier molecular flexibility index (Phi) is 4.02. The second-order valence-corrected chi connectivity index (χ2v) is 8.78. The molecule has 27 heavy (non-hydrogen) atoms. The summed E-state index contributed by atoms with van der Waals surface area (Å²) in [6, 6.07) is 2.85. The van der Waals surface area contributed by atoms with E-state index in [9.17, 15) is 19.2 Å². The van der Waals surface area contributed by atoms with Gasteiger partial charge in [-0.1, -0.05) is 47.6 Å². The van der Waals surface area contributed by atoms with E-state index in [4.69, 9.17) is 4.74 Å². The Hall–Kier alpha value is -2.96. The number of hydrogen-bond donors (Lipinski definition) is 2. The highest BCUT2D eigenvalue weighted by Crippen LogP contribution is 2.45. The summed E-state index contributed by atoms with van der Waals surface area (Å²) in [6.07, 6.45) is 0. The standard InChI is InChI=1S/C20H22N2O5/c1-19(2,3)9-7-10-12(13-15(23)21-18(26)22-16(13)24)17(25)27-14(10)11(8-9)20(4,5)6/h7-8H,1-6H3,(H2,21,22,23,24,26). The smallest absolute Gasteiger partial charge is 0.345 e. The van der Waals surface area contributed by atoms with Gasteiger partial charge in [-0.15, -0.1) is 0 Å². The third-order valence-corrected chi connectivity index (χ3v) is 4.59.